The molecule has 1 N–H and O–H groups in total. The number of nitrogens with zero attached hydrogens (tertiary/aromatic N) is 2. The van der Waals surface area contributed by atoms with E-state index in [4.69, 9.17) is 0 Å². The van der Waals surface area contributed by atoms with Crippen LogP contribution >= 0.6 is 31.9 Å². The van der Waals surface area contributed by atoms with Crippen LogP contribution in [0.5, 0.6) is 0 Å². The van der Waals surface area contributed by atoms with Gasteiger partial charge in [0, 0.05) is 27.5 Å². The molecule has 0 bridgehead atoms. The van der Waals surface area contributed by atoms with Crippen molar-refractivity contribution in [2.45, 2.75) is 25.2 Å². The van der Waals surface area contributed by atoms with Crippen molar-refractivity contribution >= 4 is 43.6 Å². The Kier molecular flexibility index (Phi) is 7.12. The van der Waals surface area contributed by atoms with E-state index in [1.54, 1.807) is 24.7 Å². The van der Waals surface area contributed by atoms with Gasteiger partial charge in [-0.3, -0.25) is 9.78 Å². The van der Waals surface area contributed by atoms with Gasteiger partial charge in [-0.15, -0.1) is 0 Å². The number of carbonyl (C=O) groups is 1. The molecule has 6 heteroatoms. The lowest BCUT2D eigenvalue weighted by atomic mass is 9.92. The normalized spacial score (nSPS) is 11.8. The zero-order valence-electron chi connectivity index (χ0n) is 14.6. The van der Waals surface area contributed by atoms with E-state index in [1.807, 2.05) is 30.3 Å². The summed E-state index contributed by atoms with van der Waals surface area (Å²) in [4.78, 5) is 21.4. The van der Waals surface area contributed by atoms with Crippen LogP contribution in [0.25, 0.3) is 0 Å². The number of nitrogens with one attached hydrogen (secondary N) is 1. The molecule has 1 atom stereocenters. The van der Waals surface area contributed by atoms with Crippen molar-refractivity contribution in [1.29, 1.82) is 0 Å². The van der Waals surface area contributed by atoms with E-state index in [9.17, 15) is 4.79 Å². The maximum Gasteiger partial charge on any atom is 0.233 e. The zero-order chi connectivity index (χ0) is 19.1. The number of halogens is 2. The van der Waals surface area contributed by atoms with Gasteiger partial charge in [0.2, 0.25) is 5.91 Å². The Hall–Kier alpha value is -2.05. The van der Waals surface area contributed by atoms with Crippen molar-refractivity contribution in [3.8, 4) is 0 Å². The molecule has 0 fully saturated rings. The SMILES string of the molecule is O=C(Nc1ccc(Br)cn1)C(CCCc1ccccc1)c1cncc(Br)c1. The van der Waals surface area contributed by atoms with Crippen LogP contribution in [0, 0.1) is 0 Å². The molecule has 27 heavy (non-hydrogen) atoms. The number of benzene rings is 1. The molecule has 2 aromatic heterocycles. The Bertz CT molecular complexity index is 885. The molecule has 0 aliphatic carbocycles. The maximum absolute atomic E-state index is 12.9. The summed E-state index contributed by atoms with van der Waals surface area (Å²) in [5.74, 6) is 0.182. The van der Waals surface area contributed by atoms with E-state index >= 15 is 0 Å². The summed E-state index contributed by atoms with van der Waals surface area (Å²) in [6.07, 6.45) is 7.71. The fourth-order valence-electron chi connectivity index (χ4n) is 2.89. The first kappa shape index (κ1) is 19.7. The Morgan fingerprint density at radius 1 is 1.00 bits per heavy atom. The topological polar surface area (TPSA) is 54.9 Å². The van der Waals surface area contributed by atoms with Gasteiger partial charge in [0.25, 0.3) is 0 Å². The van der Waals surface area contributed by atoms with Crippen LogP contribution in [-0.4, -0.2) is 15.9 Å². The number of pyridine rings is 2. The second kappa shape index (κ2) is 9.76. The number of hydrogen-bond acceptors (Lipinski definition) is 3. The van der Waals surface area contributed by atoms with E-state index in [2.05, 4.69) is 59.3 Å². The third-order valence-electron chi connectivity index (χ3n) is 4.22. The molecule has 138 valence electrons. The minimum atomic E-state index is -0.288. The molecule has 0 saturated heterocycles. The highest BCUT2D eigenvalue weighted by Crippen LogP contribution is 2.26. The third kappa shape index (κ3) is 5.97. The summed E-state index contributed by atoms with van der Waals surface area (Å²) in [6.45, 7) is 0. The van der Waals surface area contributed by atoms with Gasteiger partial charge in [0.1, 0.15) is 5.82 Å². The highest BCUT2D eigenvalue weighted by Gasteiger charge is 2.21. The number of aryl methyl sites for hydroxylation is 1. The lowest BCUT2D eigenvalue weighted by Crippen LogP contribution is -2.22. The smallest absolute Gasteiger partial charge is 0.233 e. The van der Waals surface area contributed by atoms with Gasteiger partial charge in [-0.05, 0) is 80.4 Å². The molecule has 1 aromatic carbocycles. The van der Waals surface area contributed by atoms with Crippen molar-refractivity contribution in [3.05, 3.63) is 87.2 Å². The first-order valence-electron chi connectivity index (χ1n) is 8.68. The fourth-order valence-corrected chi connectivity index (χ4v) is 3.50. The lowest BCUT2D eigenvalue weighted by Gasteiger charge is -2.17. The van der Waals surface area contributed by atoms with Crippen LogP contribution in [0.2, 0.25) is 0 Å². The van der Waals surface area contributed by atoms with Crippen LogP contribution in [0.1, 0.15) is 29.9 Å². The van der Waals surface area contributed by atoms with E-state index in [-0.39, 0.29) is 11.8 Å². The number of anilines is 1. The van der Waals surface area contributed by atoms with Gasteiger partial charge < -0.3 is 5.32 Å². The Morgan fingerprint density at radius 3 is 2.52 bits per heavy atom. The molecule has 0 radical (unpaired) electrons. The molecule has 2 heterocycles. The van der Waals surface area contributed by atoms with Crippen LogP contribution in [0.15, 0.2) is 76.1 Å². The fraction of sp³-hybridized carbons (Fsp3) is 0.190. The van der Waals surface area contributed by atoms with Gasteiger partial charge in [-0.1, -0.05) is 30.3 Å². The third-order valence-corrected chi connectivity index (χ3v) is 5.13. The van der Waals surface area contributed by atoms with E-state index in [0.717, 1.165) is 33.8 Å². The van der Waals surface area contributed by atoms with Gasteiger partial charge in [0.05, 0.1) is 5.92 Å². The molecular weight excluding hydrogens is 470 g/mol. The molecule has 4 nitrogen and oxygen atoms in total. The molecule has 0 saturated carbocycles. The van der Waals surface area contributed by atoms with Crippen LogP contribution in [-0.2, 0) is 11.2 Å². The zero-order valence-corrected chi connectivity index (χ0v) is 17.8. The minimum absolute atomic E-state index is 0.0715. The van der Waals surface area contributed by atoms with E-state index in [0.29, 0.717) is 5.82 Å². The number of hydrogen-bond donors (Lipinski definition) is 1. The van der Waals surface area contributed by atoms with Gasteiger partial charge in [0.15, 0.2) is 0 Å². The average Bonchev–Trinajstić information content (AvgIpc) is 2.68. The second-order valence-corrected chi connectivity index (χ2v) is 8.05. The van der Waals surface area contributed by atoms with Crippen LogP contribution in [0.4, 0.5) is 5.82 Å². The second-order valence-electron chi connectivity index (χ2n) is 6.22. The maximum atomic E-state index is 12.9. The lowest BCUT2D eigenvalue weighted by molar-refractivity contribution is -0.117. The van der Waals surface area contributed by atoms with Gasteiger partial charge in [-0.2, -0.15) is 0 Å². The largest absolute Gasteiger partial charge is 0.310 e. The number of carbonyl (C=O) groups excluding carboxylic acids is 1. The molecule has 3 aromatic rings. The van der Waals surface area contributed by atoms with Crippen LogP contribution in [0.3, 0.4) is 0 Å². The summed E-state index contributed by atoms with van der Waals surface area (Å²) in [7, 11) is 0. The van der Waals surface area contributed by atoms with Crippen molar-refractivity contribution in [2.24, 2.45) is 0 Å². The number of aromatic nitrogens is 2. The van der Waals surface area contributed by atoms with E-state index < -0.39 is 0 Å². The monoisotopic (exact) mass is 487 g/mol. The molecule has 3 rings (SSSR count). The summed E-state index contributed by atoms with van der Waals surface area (Å²) >= 11 is 6.80. The van der Waals surface area contributed by atoms with Crippen molar-refractivity contribution in [1.82, 2.24) is 9.97 Å². The highest BCUT2D eigenvalue weighted by atomic mass is 79.9. The summed E-state index contributed by atoms with van der Waals surface area (Å²) in [5, 5.41) is 2.92. The summed E-state index contributed by atoms with van der Waals surface area (Å²) < 4.78 is 1.73. The van der Waals surface area contributed by atoms with Crippen molar-refractivity contribution < 1.29 is 4.79 Å². The van der Waals surface area contributed by atoms with Crippen molar-refractivity contribution in [3.63, 3.8) is 0 Å². The van der Waals surface area contributed by atoms with Crippen LogP contribution < -0.4 is 5.32 Å². The first-order chi connectivity index (χ1) is 13.1. The summed E-state index contributed by atoms with van der Waals surface area (Å²) in [5.41, 5.74) is 2.17. The quantitative estimate of drug-likeness (QED) is 0.460. The predicted octanol–water partition coefficient (Wildman–Crippen LogP) is 5.75. The molecule has 1 unspecified atom stereocenters. The predicted molar refractivity (Wildman–Crippen MR) is 115 cm³/mol. The standard InChI is InChI=1S/C21H19Br2N3O/c22-17-9-10-20(25-14-17)26-21(27)19(16-11-18(23)13-24-12-16)8-4-7-15-5-2-1-3-6-15/h1-3,5-6,9-14,19H,4,7-8H2,(H,25,26,27). The highest BCUT2D eigenvalue weighted by molar-refractivity contribution is 9.10. The van der Waals surface area contributed by atoms with Gasteiger partial charge in [-0.25, -0.2) is 4.98 Å². The number of amides is 1. The molecule has 0 aliphatic heterocycles. The molecule has 0 spiro atoms. The summed E-state index contributed by atoms with van der Waals surface area (Å²) in [6, 6.07) is 15.9. The average molecular weight is 489 g/mol. The molecular formula is C21H19Br2N3O. The first-order valence-corrected chi connectivity index (χ1v) is 10.3. The Morgan fingerprint density at radius 2 is 1.81 bits per heavy atom. The Balaban J connectivity index is 1.72. The van der Waals surface area contributed by atoms with E-state index in [1.165, 1.54) is 5.56 Å². The van der Waals surface area contributed by atoms with Gasteiger partial charge >= 0.3 is 0 Å². The minimum Gasteiger partial charge on any atom is -0.310 e. The van der Waals surface area contributed by atoms with Crippen molar-refractivity contribution in [2.75, 3.05) is 5.32 Å². The number of rotatable bonds is 7. The Labute approximate surface area is 175 Å². The molecule has 1 amide bonds. The molecule has 0 aliphatic rings.